The molecule has 0 aliphatic carbocycles. The van der Waals surface area contributed by atoms with Gasteiger partial charge in [0, 0.05) is 31.8 Å². The second kappa shape index (κ2) is 6.19. The van der Waals surface area contributed by atoms with Crippen molar-refractivity contribution in [3.05, 3.63) is 29.6 Å². The first kappa shape index (κ1) is 14.1. The van der Waals surface area contributed by atoms with Crippen molar-refractivity contribution < 1.29 is 9.59 Å². The smallest absolute Gasteiger partial charge is 0.223 e. The van der Waals surface area contributed by atoms with Gasteiger partial charge in [-0.05, 0) is 24.5 Å². The normalized spacial score (nSPS) is 18.9. The third-order valence-corrected chi connectivity index (χ3v) is 4.32. The highest BCUT2D eigenvalue weighted by Gasteiger charge is 2.30. The summed E-state index contributed by atoms with van der Waals surface area (Å²) in [7, 11) is 0. The van der Waals surface area contributed by atoms with Gasteiger partial charge in [-0.15, -0.1) is 0 Å². The molecule has 1 saturated heterocycles. The van der Waals surface area contributed by atoms with Crippen molar-refractivity contribution in [3.8, 4) is 0 Å². The van der Waals surface area contributed by atoms with E-state index in [0.717, 1.165) is 23.6 Å². The highest BCUT2D eigenvalue weighted by Crippen LogP contribution is 2.24. The first-order chi connectivity index (χ1) is 9.06. The van der Waals surface area contributed by atoms with Crippen molar-refractivity contribution in [2.75, 3.05) is 12.3 Å². The van der Waals surface area contributed by atoms with Crippen molar-refractivity contribution in [1.29, 1.82) is 0 Å². The summed E-state index contributed by atoms with van der Waals surface area (Å²) in [5, 5.41) is 0.117. The van der Waals surface area contributed by atoms with Crippen LogP contribution in [-0.4, -0.2) is 33.2 Å². The van der Waals surface area contributed by atoms with Crippen LogP contribution in [0.5, 0.6) is 0 Å². The molecule has 0 N–H and O–H groups in total. The quantitative estimate of drug-likeness (QED) is 0.845. The van der Waals surface area contributed by atoms with Crippen molar-refractivity contribution >= 4 is 22.8 Å². The van der Waals surface area contributed by atoms with Crippen LogP contribution in [-0.2, 0) is 16.1 Å². The molecule has 102 valence electrons. The van der Waals surface area contributed by atoms with E-state index in [1.165, 1.54) is 11.8 Å². The average molecular weight is 278 g/mol. The van der Waals surface area contributed by atoms with E-state index in [4.69, 9.17) is 0 Å². The molecule has 2 heterocycles. The van der Waals surface area contributed by atoms with Gasteiger partial charge in [0.1, 0.15) is 0 Å². The molecule has 1 atom stereocenters. The lowest BCUT2D eigenvalue weighted by Gasteiger charge is -2.17. The van der Waals surface area contributed by atoms with Crippen LogP contribution in [0.4, 0.5) is 0 Å². The molecule has 1 aromatic rings. The minimum atomic E-state index is 0.117. The predicted octanol–water partition coefficient (Wildman–Crippen LogP) is 2.02. The fraction of sp³-hybridized carbons (Fsp3) is 0.500. The van der Waals surface area contributed by atoms with Gasteiger partial charge in [0.05, 0.1) is 12.2 Å². The zero-order valence-electron chi connectivity index (χ0n) is 11.3. The van der Waals surface area contributed by atoms with E-state index in [1.54, 1.807) is 13.1 Å². The first-order valence-electron chi connectivity index (χ1n) is 6.38. The van der Waals surface area contributed by atoms with Crippen molar-refractivity contribution in [2.45, 2.75) is 26.8 Å². The van der Waals surface area contributed by atoms with Crippen molar-refractivity contribution in [2.24, 2.45) is 5.92 Å². The molecule has 0 aromatic carbocycles. The fourth-order valence-corrected chi connectivity index (χ4v) is 2.91. The number of thioether (sulfide) groups is 1. The maximum Gasteiger partial charge on any atom is 0.223 e. The van der Waals surface area contributed by atoms with Crippen LogP contribution in [0.2, 0.25) is 0 Å². The summed E-state index contributed by atoms with van der Waals surface area (Å²) >= 11 is 1.31. The van der Waals surface area contributed by atoms with E-state index in [2.05, 4.69) is 4.98 Å². The van der Waals surface area contributed by atoms with E-state index in [0.29, 0.717) is 13.0 Å². The van der Waals surface area contributed by atoms with E-state index >= 15 is 0 Å². The molecular weight excluding hydrogens is 260 g/mol. The van der Waals surface area contributed by atoms with Gasteiger partial charge >= 0.3 is 0 Å². The summed E-state index contributed by atoms with van der Waals surface area (Å²) in [6, 6.07) is 3.91. The van der Waals surface area contributed by atoms with Gasteiger partial charge in [0.25, 0.3) is 0 Å². The minimum absolute atomic E-state index is 0.117. The number of likely N-dealkylation sites (tertiary alicyclic amines) is 1. The van der Waals surface area contributed by atoms with Crippen LogP contribution < -0.4 is 0 Å². The number of rotatable bonds is 4. The summed E-state index contributed by atoms with van der Waals surface area (Å²) in [6.45, 7) is 4.88. The van der Waals surface area contributed by atoms with Crippen molar-refractivity contribution in [3.63, 3.8) is 0 Å². The van der Waals surface area contributed by atoms with Gasteiger partial charge in [-0.3, -0.25) is 14.6 Å². The van der Waals surface area contributed by atoms with E-state index in [9.17, 15) is 9.59 Å². The summed E-state index contributed by atoms with van der Waals surface area (Å²) < 4.78 is 0. The molecule has 4 nitrogen and oxygen atoms in total. The topological polar surface area (TPSA) is 50.3 Å². The number of aromatic nitrogens is 1. The number of pyridine rings is 1. The lowest BCUT2D eigenvalue weighted by Crippen LogP contribution is -2.25. The Hall–Kier alpha value is -1.36. The number of aryl methyl sites for hydroxylation is 1. The molecule has 1 unspecified atom stereocenters. The Balaban J connectivity index is 1.93. The highest BCUT2D eigenvalue weighted by atomic mass is 32.2. The number of hydrogen-bond donors (Lipinski definition) is 0. The summed E-state index contributed by atoms with van der Waals surface area (Å²) in [4.78, 5) is 29.1. The Labute approximate surface area is 117 Å². The van der Waals surface area contributed by atoms with Crippen molar-refractivity contribution in [1.82, 2.24) is 9.88 Å². The Morgan fingerprint density at radius 2 is 2.37 bits per heavy atom. The molecule has 1 fully saturated rings. The number of carbonyl (C=O) groups excluding carboxylic acids is 2. The van der Waals surface area contributed by atoms with Gasteiger partial charge in [-0.2, -0.15) is 0 Å². The van der Waals surface area contributed by atoms with Crippen LogP contribution in [0, 0.1) is 12.8 Å². The molecule has 1 aromatic heterocycles. The van der Waals surface area contributed by atoms with Gasteiger partial charge in [-0.1, -0.05) is 17.8 Å². The summed E-state index contributed by atoms with van der Waals surface area (Å²) in [5.41, 5.74) is 2.06. The van der Waals surface area contributed by atoms with Crippen LogP contribution in [0.25, 0.3) is 0 Å². The molecule has 1 aliphatic rings. The molecular formula is C14H18N2O2S. The fourth-order valence-electron chi connectivity index (χ4n) is 2.22. The maximum absolute atomic E-state index is 11.9. The first-order valence-corrected chi connectivity index (χ1v) is 7.36. The van der Waals surface area contributed by atoms with Gasteiger partial charge < -0.3 is 4.90 Å². The SMILES string of the molecule is CC(=O)SCC1CC(=O)N(Cc2ncccc2C)C1. The van der Waals surface area contributed by atoms with Crippen LogP contribution >= 0.6 is 11.8 Å². The predicted molar refractivity (Wildman–Crippen MR) is 75.6 cm³/mol. The highest BCUT2D eigenvalue weighted by molar-refractivity contribution is 8.13. The lowest BCUT2D eigenvalue weighted by molar-refractivity contribution is -0.128. The van der Waals surface area contributed by atoms with Crippen LogP contribution in [0.1, 0.15) is 24.6 Å². The largest absolute Gasteiger partial charge is 0.336 e. The van der Waals surface area contributed by atoms with Gasteiger partial charge in [-0.25, -0.2) is 0 Å². The Morgan fingerprint density at radius 3 is 3.05 bits per heavy atom. The molecule has 2 rings (SSSR count). The average Bonchev–Trinajstić information content (AvgIpc) is 2.71. The monoisotopic (exact) mass is 278 g/mol. The van der Waals surface area contributed by atoms with E-state index in [1.807, 2.05) is 24.0 Å². The van der Waals surface area contributed by atoms with Gasteiger partial charge in [0.2, 0.25) is 5.91 Å². The standard InChI is InChI=1S/C14H18N2O2S/c1-10-4-3-5-15-13(10)8-16-7-12(6-14(16)18)9-19-11(2)17/h3-5,12H,6-9H2,1-2H3. The number of nitrogens with zero attached hydrogens (tertiary/aromatic N) is 2. The Kier molecular flexibility index (Phi) is 4.58. The van der Waals surface area contributed by atoms with Crippen LogP contribution in [0.3, 0.4) is 0 Å². The zero-order valence-corrected chi connectivity index (χ0v) is 12.1. The second-order valence-electron chi connectivity index (χ2n) is 4.91. The maximum atomic E-state index is 11.9. The molecule has 1 amide bonds. The molecule has 0 bridgehead atoms. The lowest BCUT2D eigenvalue weighted by atomic mass is 10.1. The number of amides is 1. The second-order valence-corrected chi connectivity index (χ2v) is 6.11. The van der Waals surface area contributed by atoms with E-state index < -0.39 is 0 Å². The molecule has 0 saturated carbocycles. The summed E-state index contributed by atoms with van der Waals surface area (Å²) in [6.07, 6.45) is 2.30. The molecule has 0 radical (unpaired) electrons. The Morgan fingerprint density at radius 1 is 1.58 bits per heavy atom. The number of carbonyl (C=O) groups is 2. The van der Waals surface area contributed by atoms with E-state index in [-0.39, 0.29) is 16.9 Å². The molecule has 5 heteroatoms. The van der Waals surface area contributed by atoms with Gasteiger partial charge in [0.15, 0.2) is 5.12 Å². The molecule has 19 heavy (non-hydrogen) atoms. The Bertz CT molecular complexity index is 490. The molecule has 0 spiro atoms. The third kappa shape index (κ3) is 3.80. The summed E-state index contributed by atoms with van der Waals surface area (Å²) in [5.74, 6) is 1.18. The minimum Gasteiger partial charge on any atom is -0.336 e. The molecule has 1 aliphatic heterocycles. The third-order valence-electron chi connectivity index (χ3n) is 3.28. The number of hydrogen-bond acceptors (Lipinski definition) is 4. The van der Waals surface area contributed by atoms with Crippen LogP contribution in [0.15, 0.2) is 18.3 Å². The zero-order chi connectivity index (χ0) is 13.8.